The Kier molecular flexibility index (Phi) is 5.09. The molecule has 0 atom stereocenters. The summed E-state index contributed by atoms with van der Waals surface area (Å²) in [6.07, 6.45) is 0. The van der Waals surface area contributed by atoms with Gasteiger partial charge >= 0.3 is 5.97 Å². The van der Waals surface area contributed by atoms with Crippen LogP contribution in [0.5, 0.6) is 0 Å². The Balaban J connectivity index is 2.89. The molecule has 6 heteroatoms. The number of ether oxygens (including phenoxy) is 1. The van der Waals surface area contributed by atoms with Crippen LogP contribution in [0.1, 0.15) is 17.3 Å². The van der Waals surface area contributed by atoms with Crippen molar-refractivity contribution in [3.8, 4) is 0 Å². The fourth-order valence-corrected chi connectivity index (χ4v) is 1.54. The van der Waals surface area contributed by atoms with Crippen LogP contribution in [0, 0.1) is 5.82 Å². The Morgan fingerprint density at radius 1 is 1.44 bits per heavy atom. The molecule has 0 heterocycles. The highest BCUT2D eigenvalue weighted by molar-refractivity contribution is 6.31. The van der Waals surface area contributed by atoms with Crippen molar-refractivity contribution >= 4 is 23.5 Å². The molecule has 0 spiro atoms. The van der Waals surface area contributed by atoms with Crippen molar-refractivity contribution in [3.63, 3.8) is 0 Å². The third-order valence-electron chi connectivity index (χ3n) is 2.38. The highest BCUT2D eigenvalue weighted by Crippen LogP contribution is 2.17. The average Bonchev–Trinajstić information content (AvgIpc) is 2.38. The zero-order chi connectivity index (χ0) is 13.7. The monoisotopic (exact) mass is 273 g/mol. The number of hydrogen-bond donors (Lipinski definition) is 0. The summed E-state index contributed by atoms with van der Waals surface area (Å²) in [4.78, 5) is 24.5. The normalized spacial score (nSPS) is 10.0. The molecule has 0 saturated heterocycles. The fraction of sp³-hybridized carbons (Fsp3) is 0.333. The second kappa shape index (κ2) is 6.35. The molecule has 0 aliphatic heterocycles. The summed E-state index contributed by atoms with van der Waals surface area (Å²) in [5, 5.41) is -0.130. The van der Waals surface area contributed by atoms with Crippen LogP contribution >= 0.6 is 11.6 Å². The molecule has 0 fully saturated rings. The Labute approximate surface area is 109 Å². The number of carbonyl (C=O) groups excluding carboxylic acids is 2. The minimum absolute atomic E-state index is 0.130. The van der Waals surface area contributed by atoms with Gasteiger partial charge in [-0.1, -0.05) is 11.6 Å². The summed E-state index contributed by atoms with van der Waals surface area (Å²) in [6, 6.07) is 3.67. The van der Waals surface area contributed by atoms with Crippen LogP contribution in [-0.4, -0.2) is 37.0 Å². The predicted octanol–water partition coefficient (Wildman–Crippen LogP) is 2.11. The summed E-state index contributed by atoms with van der Waals surface area (Å²) in [5.41, 5.74) is 0.229. The molecule has 98 valence electrons. The number of amides is 1. The first kappa shape index (κ1) is 14.4. The van der Waals surface area contributed by atoms with E-state index in [9.17, 15) is 14.0 Å². The van der Waals surface area contributed by atoms with Gasteiger partial charge in [0.05, 0.1) is 12.1 Å². The predicted molar refractivity (Wildman–Crippen MR) is 65.0 cm³/mol. The van der Waals surface area contributed by atoms with E-state index in [1.165, 1.54) is 24.1 Å². The number of likely N-dealkylation sites (N-methyl/N-ethyl adjacent to an activating group) is 1. The summed E-state index contributed by atoms with van der Waals surface area (Å²) in [6.45, 7) is 1.91. The van der Waals surface area contributed by atoms with Gasteiger partial charge in [0, 0.05) is 12.1 Å². The van der Waals surface area contributed by atoms with E-state index < -0.39 is 17.7 Å². The molecule has 1 aromatic rings. The fourth-order valence-electron chi connectivity index (χ4n) is 1.36. The van der Waals surface area contributed by atoms with Crippen molar-refractivity contribution in [2.45, 2.75) is 6.92 Å². The zero-order valence-electron chi connectivity index (χ0n) is 10.1. The van der Waals surface area contributed by atoms with Crippen LogP contribution in [0.25, 0.3) is 0 Å². The first-order valence-corrected chi connectivity index (χ1v) is 5.68. The number of carbonyl (C=O) groups is 2. The molecular formula is C12H13ClFNO3. The van der Waals surface area contributed by atoms with Crippen LogP contribution in [0.4, 0.5) is 4.39 Å². The largest absolute Gasteiger partial charge is 0.468 e. The van der Waals surface area contributed by atoms with Crippen molar-refractivity contribution < 1.29 is 18.7 Å². The Morgan fingerprint density at radius 3 is 2.61 bits per heavy atom. The smallest absolute Gasteiger partial charge is 0.325 e. The van der Waals surface area contributed by atoms with Crippen molar-refractivity contribution in [2.75, 3.05) is 20.2 Å². The molecular weight excluding hydrogens is 261 g/mol. The Morgan fingerprint density at radius 2 is 2.11 bits per heavy atom. The second-order valence-corrected chi connectivity index (χ2v) is 3.93. The third-order valence-corrected chi connectivity index (χ3v) is 2.67. The van der Waals surface area contributed by atoms with Gasteiger partial charge in [0.1, 0.15) is 12.4 Å². The highest BCUT2D eigenvalue weighted by Gasteiger charge is 2.18. The first-order valence-electron chi connectivity index (χ1n) is 5.30. The standard InChI is InChI=1S/C12H13ClFNO3/c1-3-15(7-11(16)18-2)12(17)8-4-5-10(14)9(13)6-8/h4-6H,3,7H2,1-2H3. The summed E-state index contributed by atoms with van der Waals surface area (Å²) >= 11 is 5.60. The molecule has 0 bridgehead atoms. The number of nitrogens with zero attached hydrogens (tertiary/aromatic N) is 1. The maximum absolute atomic E-state index is 13.0. The van der Waals surface area contributed by atoms with Gasteiger partial charge in [0.25, 0.3) is 5.91 Å². The maximum Gasteiger partial charge on any atom is 0.325 e. The van der Waals surface area contributed by atoms with Gasteiger partial charge in [-0.25, -0.2) is 4.39 Å². The number of halogens is 2. The van der Waals surface area contributed by atoms with Crippen LogP contribution in [0.15, 0.2) is 18.2 Å². The number of benzene rings is 1. The minimum atomic E-state index is -0.593. The lowest BCUT2D eigenvalue weighted by atomic mass is 10.2. The van der Waals surface area contributed by atoms with E-state index in [1.807, 2.05) is 0 Å². The van der Waals surface area contributed by atoms with Gasteiger partial charge in [0.15, 0.2) is 0 Å². The van der Waals surface area contributed by atoms with Gasteiger partial charge in [-0.3, -0.25) is 9.59 Å². The minimum Gasteiger partial charge on any atom is -0.468 e. The number of rotatable bonds is 4. The molecule has 0 N–H and O–H groups in total. The summed E-state index contributed by atoms with van der Waals surface area (Å²) in [5.74, 6) is -1.51. The van der Waals surface area contributed by atoms with Crippen LogP contribution in [0.3, 0.4) is 0 Å². The van der Waals surface area contributed by atoms with E-state index in [-0.39, 0.29) is 17.1 Å². The maximum atomic E-state index is 13.0. The topological polar surface area (TPSA) is 46.6 Å². The lowest BCUT2D eigenvalue weighted by Crippen LogP contribution is -2.36. The molecule has 1 amide bonds. The lowest BCUT2D eigenvalue weighted by Gasteiger charge is -2.19. The van der Waals surface area contributed by atoms with Crippen LogP contribution in [-0.2, 0) is 9.53 Å². The molecule has 0 saturated carbocycles. The van der Waals surface area contributed by atoms with Gasteiger partial charge in [-0.15, -0.1) is 0 Å². The Hall–Kier alpha value is -1.62. The van der Waals surface area contributed by atoms with Crippen molar-refractivity contribution in [3.05, 3.63) is 34.6 Å². The van der Waals surface area contributed by atoms with E-state index in [0.717, 1.165) is 6.07 Å². The van der Waals surface area contributed by atoms with E-state index in [1.54, 1.807) is 6.92 Å². The molecule has 0 unspecified atom stereocenters. The van der Waals surface area contributed by atoms with Crippen LogP contribution < -0.4 is 0 Å². The van der Waals surface area contributed by atoms with E-state index >= 15 is 0 Å². The average molecular weight is 274 g/mol. The molecule has 0 aromatic heterocycles. The van der Waals surface area contributed by atoms with Gasteiger partial charge in [-0.2, -0.15) is 0 Å². The third kappa shape index (κ3) is 3.43. The Bertz CT molecular complexity index is 465. The molecule has 4 nitrogen and oxygen atoms in total. The van der Waals surface area contributed by atoms with Crippen molar-refractivity contribution in [1.29, 1.82) is 0 Å². The van der Waals surface area contributed by atoms with Gasteiger partial charge in [-0.05, 0) is 25.1 Å². The molecule has 0 aliphatic carbocycles. The van der Waals surface area contributed by atoms with Crippen molar-refractivity contribution in [1.82, 2.24) is 4.90 Å². The number of hydrogen-bond acceptors (Lipinski definition) is 3. The number of esters is 1. The quantitative estimate of drug-likeness (QED) is 0.790. The highest BCUT2D eigenvalue weighted by atomic mass is 35.5. The summed E-state index contributed by atoms with van der Waals surface area (Å²) < 4.78 is 17.5. The van der Waals surface area contributed by atoms with Gasteiger partial charge in [0.2, 0.25) is 0 Å². The summed E-state index contributed by atoms with van der Waals surface area (Å²) in [7, 11) is 1.25. The van der Waals surface area contributed by atoms with Crippen LogP contribution in [0.2, 0.25) is 5.02 Å². The van der Waals surface area contributed by atoms with Gasteiger partial charge < -0.3 is 9.64 Å². The molecule has 1 rings (SSSR count). The zero-order valence-corrected chi connectivity index (χ0v) is 10.8. The molecule has 18 heavy (non-hydrogen) atoms. The molecule has 1 aromatic carbocycles. The molecule has 0 radical (unpaired) electrons. The van der Waals surface area contributed by atoms with E-state index in [2.05, 4.69) is 4.74 Å². The second-order valence-electron chi connectivity index (χ2n) is 3.52. The molecule has 0 aliphatic rings. The van der Waals surface area contributed by atoms with E-state index in [0.29, 0.717) is 6.54 Å². The first-order chi connectivity index (χ1) is 8.49. The SMILES string of the molecule is CCN(CC(=O)OC)C(=O)c1ccc(F)c(Cl)c1. The lowest BCUT2D eigenvalue weighted by molar-refractivity contribution is -0.141. The van der Waals surface area contributed by atoms with E-state index in [4.69, 9.17) is 11.6 Å². The van der Waals surface area contributed by atoms with Crippen molar-refractivity contribution in [2.24, 2.45) is 0 Å². The number of methoxy groups -OCH3 is 1.